The van der Waals surface area contributed by atoms with Crippen molar-refractivity contribution >= 4 is 21.9 Å². The molecule has 7 nitrogen and oxygen atoms in total. The summed E-state index contributed by atoms with van der Waals surface area (Å²) in [5, 5.41) is 0. The van der Waals surface area contributed by atoms with Crippen molar-refractivity contribution in [2.75, 3.05) is 32.8 Å². The van der Waals surface area contributed by atoms with E-state index in [4.69, 9.17) is 4.74 Å². The van der Waals surface area contributed by atoms with Crippen molar-refractivity contribution < 1.29 is 22.7 Å². The number of ether oxygens (including phenoxy) is 1. The third-order valence-electron chi connectivity index (χ3n) is 5.36. The summed E-state index contributed by atoms with van der Waals surface area (Å²) in [6, 6.07) is 14.9. The number of rotatable bonds is 7. The molecule has 0 unspecified atom stereocenters. The second kappa shape index (κ2) is 10.1. The van der Waals surface area contributed by atoms with Crippen LogP contribution in [0.5, 0.6) is 0 Å². The summed E-state index contributed by atoms with van der Waals surface area (Å²) in [5.41, 5.74) is 2.75. The molecule has 166 valence electrons. The molecule has 0 N–H and O–H groups in total. The van der Waals surface area contributed by atoms with E-state index in [9.17, 15) is 18.0 Å². The maximum atomic E-state index is 13.0. The van der Waals surface area contributed by atoms with Crippen LogP contribution in [0.1, 0.15) is 23.1 Å². The molecule has 3 rings (SSSR count). The Balaban J connectivity index is 1.46. The van der Waals surface area contributed by atoms with Gasteiger partial charge in [-0.15, -0.1) is 0 Å². The van der Waals surface area contributed by atoms with Crippen LogP contribution in [0.2, 0.25) is 0 Å². The van der Waals surface area contributed by atoms with Crippen molar-refractivity contribution in [3.05, 3.63) is 65.2 Å². The van der Waals surface area contributed by atoms with Gasteiger partial charge in [0.25, 0.3) is 5.91 Å². The van der Waals surface area contributed by atoms with Crippen LogP contribution in [0.3, 0.4) is 0 Å². The van der Waals surface area contributed by atoms with Crippen molar-refractivity contribution in [2.45, 2.75) is 31.6 Å². The second-order valence-electron chi connectivity index (χ2n) is 7.70. The third-order valence-corrected chi connectivity index (χ3v) is 7.42. The Morgan fingerprint density at radius 3 is 2.29 bits per heavy atom. The molecular formula is C23H28N2O5S. The minimum atomic E-state index is -3.61. The van der Waals surface area contributed by atoms with Crippen LogP contribution >= 0.6 is 0 Å². The summed E-state index contributed by atoms with van der Waals surface area (Å²) in [4.78, 5) is 26.1. The fourth-order valence-electron chi connectivity index (χ4n) is 3.60. The summed E-state index contributed by atoms with van der Waals surface area (Å²) >= 11 is 0. The van der Waals surface area contributed by atoms with Crippen molar-refractivity contribution in [3.8, 4) is 0 Å². The maximum Gasteiger partial charge on any atom is 0.306 e. The van der Waals surface area contributed by atoms with E-state index in [1.54, 1.807) is 24.0 Å². The highest BCUT2D eigenvalue weighted by Crippen LogP contribution is 2.22. The van der Waals surface area contributed by atoms with Crippen LogP contribution in [-0.2, 0) is 30.8 Å². The summed E-state index contributed by atoms with van der Waals surface area (Å²) in [7, 11) is -3.61. The fourth-order valence-corrected chi connectivity index (χ4v) is 5.23. The van der Waals surface area contributed by atoms with Crippen molar-refractivity contribution in [1.82, 2.24) is 9.21 Å². The number of hydrogen-bond acceptors (Lipinski definition) is 5. The summed E-state index contributed by atoms with van der Waals surface area (Å²) in [6.07, 6.45) is 0.766. The molecule has 0 atom stereocenters. The van der Waals surface area contributed by atoms with E-state index in [0.29, 0.717) is 16.9 Å². The van der Waals surface area contributed by atoms with Crippen molar-refractivity contribution in [3.63, 3.8) is 0 Å². The van der Waals surface area contributed by atoms with E-state index in [1.165, 1.54) is 4.31 Å². The summed E-state index contributed by atoms with van der Waals surface area (Å²) < 4.78 is 32.4. The largest absolute Gasteiger partial charge is 0.456 e. The minimum Gasteiger partial charge on any atom is -0.456 e. The predicted molar refractivity (Wildman–Crippen MR) is 117 cm³/mol. The Labute approximate surface area is 183 Å². The number of aryl methyl sites for hydroxylation is 3. The first kappa shape index (κ1) is 23.0. The Morgan fingerprint density at radius 2 is 1.65 bits per heavy atom. The molecule has 1 heterocycles. The second-order valence-corrected chi connectivity index (χ2v) is 9.61. The van der Waals surface area contributed by atoms with Gasteiger partial charge in [0, 0.05) is 32.6 Å². The normalized spacial score (nSPS) is 15.0. The van der Waals surface area contributed by atoms with Gasteiger partial charge < -0.3 is 9.64 Å². The SMILES string of the molecule is Cc1ccc(S(=O)(=O)N2CCN(C(=O)COC(=O)CCc3ccccc3)CC2)c(C)c1. The molecule has 0 radical (unpaired) electrons. The standard InChI is InChI=1S/C23H28N2O5S/c1-18-8-10-21(19(2)16-18)31(28,29)25-14-12-24(13-15-25)22(26)17-30-23(27)11-9-20-6-4-3-5-7-20/h3-8,10,16H,9,11-15,17H2,1-2H3. The molecule has 0 aromatic heterocycles. The molecule has 0 spiro atoms. The van der Waals surface area contributed by atoms with E-state index in [-0.39, 0.29) is 45.1 Å². The maximum absolute atomic E-state index is 13.0. The molecular weight excluding hydrogens is 416 g/mol. The number of piperazine rings is 1. The van der Waals surface area contributed by atoms with Crippen LogP contribution in [0.25, 0.3) is 0 Å². The van der Waals surface area contributed by atoms with Crippen LogP contribution in [0.15, 0.2) is 53.4 Å². The molecule has 1 aliphatic heterocycles. The Kier molecular flexibility index (Phi) is 7.46. The van der Waals surface area contributed by atoms with Crippen LogP contribution < -0.4 is 0 Å². The lowest BCUT2D eigenvalue weighted by atomic mass is 10.1. The molecule has 31 heavy (non-hydrogen) atoms. The number of nitrogens with zero attached hydrogens (tertiary/aromatic N) is 2. The number of carbonyl (C=O) groups is 2. The zero-order valence-electron chi connectivity index (χ0n) is 17.9. The van der Waals surface area contributed by atoms with Crippen molar-refractivity contribution in [1.29, 1.82) is 0 Å². The van der Waals surface area contributed by atoms with Gasteiger partial charge in [-0.25, -0.2) is 8.42 Å². The third kappa shape index (κ3) is 5.92. The first-order chi connectivity index (χ1) is 14.8. The lowest BCUT2D eigenvalue weighted by Crippen LogP contribution is -2.51. The van der Waals surface area contributed by atoms with Gasteiger partial charge in [0.05, 0.1) is 4.90 Å². The number of benzene rings is 2. The molecule has 1 amide bonds. The smallest absolute Gasteiger partial charge is 0.306 e. The van der Waals surface area contributed by atoms with Crippen LogP contribution in [-0.4, -0.2) is 62.3 Å². The van der Waals surface area contributed by atoms with Crippen molar-refractivity contribution in [2.24, 2.45) is 0 Å². The van der Waals surface area contributed by atoms with Gasteiger partial charge in [-0.2, -0.15) is 4.31 Å². The minimum absolute atomic E-state index is 0.208. The number of hydrogen-bond donors (Lipinski definition) is 0. The summed E-state index contributed by atoms with van der Waals surface area (Å²) in [6.45, 7) is 4.34. The predicted octanol–water partition coefficient (Wildman–Crippen LogP) is 2.31. The molecule has 1 fully saturated rings. The molecule has 0 aliphatic carbocycles. The first-order valence-corrected chi connectivity index (χ1v) is 11.8. The van der Waals surface area contributed by atoms with Gasteiger partial charge in [-0.1, -0.05) is 48.0 Å². The van der Waals surface area contributed by atoms with Gasteiger partial charge in [-0.05, 0) is 37.5 Å². The monoisotopic (exact) mass is 444 g/mol. The molecule has 2 aromatic rings. The lowest BCUT2D eigenvalue weighted by Gasteiger charge is -2.34. The Hall–Kier alpha value is -2.71. The highest BCUT2D eigenvalue weighted by atomic mass is 32.2. The number of amides is 1. The Bertz CT molecular complexity index is 1030. The molecule has 0 bridgehead atoms. The zero-order valence-corrected chi connectivity index (χ0v) is 18.7. The van der Waals surface area contributed by atoms with Gasteiger partial charge in [0.1, 0.15) is 0 Å². The van der Waals surface area contributed by atoms with Gasteiger partial charge in [0.2, 0.25) is 10.0 Å². The fraction of sp³-hybridized carbons (Fsp3) is 0.391. The highest BCUT2D eigenvalue weighted by molar-refractivity contribution is 7.89. The van der Waals surface area contributed by atoms with E-state index in [0.717, 1.165) is 11.1 Å². The number of esters is 1. The molecule has 8 heteroatoms. The lowest BCUT2D eigenvalue weighted by molar-refractivity contribution is -0.152. The van der Waals surface area contributed by atoms with E-state index >= 15 is 0 Å². The van der Waals surface area contributed by atoms with Crippen LogP contribution in [0, 0.1) is 13.8 Å². The van der Waals surface area contributed by atoms with Crippen LogP contribution in [0.4, 0.5) is 0 Å². The first-order valence-electron chi connectivity index (χ1n) is 10.3. The highest BCUT2D eigenvalue weighted by Gasteiger charge is 2.31. The average Bonchev–Trinajstić information content (AvgIpc) is 2.76. The quantitative estimate of drug-likeness (QED) is 0.612. The van der Waals surface area contributed by atoms with E-state index in [2.05, 4.69) is 0 Å². The van der Waals surface area contributed by atoms with Gasteiger partial charge in [-0.3, -0.25) is 9.59 Å². The molecule has 1 saturated heterocycles. The molecule has 2 aromatic carbocycles. The zero-order chi connectivity index (χ0) is 22.4. The topological polar surface area (TPSA) is 84.0 Å². The van der Waals surface area contributed by atoms with Gasteiger partial charge >= 0.3 is 5.97 Å². The number of carbonyl (C=O) groups excluding carboxylic acids is 2. The van der Waals surface area contributed by atoms with E-state index in [1.807, 2.05) is 43.3 Å². The number of sulfonamides is 1. The summed E-state index contributed by atoms with van der Waals surface area (Å²) in [5.74, 6) is -0.732. The molecule has 0 saturated carbocycles. The van der Waals surface area contributed by atoms with Gasteiger partial charge in [0.15, 0.2) is 6.61 Å². The average molecular weight is 445 g/mol. The molecule has 1 aliphatic rings. The van der Waals surface area contributed by atoms with E-state index < -0.39 is 16.0 Å². The Morgan fingerprint density at radius 1 is 0.968 bits per heavy atom.